The topological polar surface area (TPSA) is 102 Å². The molecule has 0 spiro atoms. The predicted octanol–water partition coefficient (Wildman–Crippen LogP) is 2.19. The molecule has 3 aromatic heterocycles. The SMILES string of the molecule is CS(=O)(=O)c1ccc(Cn2c(=O)[nH]c3sc(C#CCc4cccnc4)cc3c2=O)cc1. The second-order valence-electron chi connectivity index (χ2n) is 6.93. The maximum Gasteiger partial charge on any atom is 0.329 e. The first-order valence-corrected chi connectivity index (χ1v) is 12.0. The Bertz CT molecular complexity index is 1540. The number of hydrogen-bond acceptors (Lipinski definition) is 6. The van der Waals surface area contributed by atoms with Gasteiger partial charge in [-0.1, -0.05) is 30.0 Å². The summed E-state index contributed by atoms with van der Waals surface area (Å²) in [6, 6.07) is 11.6. The van der Waals surface area contributed by atoms with Crippen molar-refractivity contribution in [3.63, 3.8) is 0 Å². The smallest absolute Gasteiger partial charge is 0.298 e. The van der Waals surface area contributed by atoms with Crippen LogP contribution in [0.25, 0.3) is 10.2 Å². The average Bonchev–Trinajstić information content (AvgIpc) is 3.14. The van der Waals surface area contributed by atoms with Crippen LogP contribution in [-0.4, -0.2) is 29.2 Å². The zero-order chi connectivity index (χ0) is 22.0. The predicted molar refractivity (Wildman–Crippen MR) is 120 cm³/mol. The van der Waals surface area contributed by atoms with Crippen molar-refractivity contribution >= 4 is 31.4 Å². The molecule has 0 saturated carbocycles. The number of hydrogen-bond donors (Lipinski definition) is 1. The van der Waals surface area contributed by atoms with E-state index in [2.05, 4.69) is 21.8 Å². The Morgan fingerprint density at radius 2 is 1.90 bits per heavy atom. The summed E-state index contributed by atoms with van der Waals surface area (Å²) in [6.45, 7) is 0.0337. The van der Waals surface area contributed by atoms with Crippen LogP contribution in [0.2, 0.25) is 0 Å². The molecule has 31 heavy (non-hydrogen) atoms. The van der Waals surface area contributed by atoms with Crippen molar-refractivity contribution in [3.8, 4) is 11.8 Å². The summed E-state index contributed by atoms with van der Waals surface area (Å²) in [5.74, 6) is 6.09. The molecule has 0 unspecified atom stereocenters. The quantitative estimate of drug-likeness (QED) is 0.479. The average molecular weight is 452 g/mol. The zero-order valence-corrected chi connectivity index (χ0v) is 18.1. The summed E-state index contributed by atoms with van der Waals surface area (Å²) < 4.78 is 24.3. The minimum Gasteiger partial charge on any atom is -0.298 e. The maximum atomic E-state index is 12.9. The number of aromatic nitrogens is 3. The van der Waals surface area contributed by atoms with Crippen molar-refractivity contribution in [2.24, 2.45) is 0 Å². The molecule has 3 heterocycles. The van der Waals surface area contributed by atoms with E-state index in [1.54, 1.807) is 30.6 Å². The number of rotatable bonds is 4. The van der Waals surface area contributed by atoms with E-state index in [4.69, 9.17) is 0 Å². The second kappa shape index (κ2) is 8.34. The molecule has 0 aliphatic rings. The molecule has 0 radical (unpaired) electrons. The number of H-pyrrole nitrogens is 1. The molecule has 4 rings (SSSR count). The van der Waals surface area contributed by atoms with Crippen LogP contribution in [0, 0.1) is 11.8 Å². The fourth-order valence-corrected chi connectivity index (χ4v) is 4.56. The van der Waals surface area contributed by atoms with E-state index in [0.29, 0.717) is 27.1 Å². The molecule has 0 fully saturated rings. The molecule has 0 amide bonds. The molecule has 156 valence electrons. The summed E-state index contributed by atoms with van der Waals surface area (Å²) >= 11 is 1.26. The molecule has 0 aliphatic heterocycles. The van der Waals surface area contributed by atoms with Gasteiger partial charge in [-0.05, 0) is 35.4 Å². The number of thiophene rings is 1. The van der Waals surface area contributed by atoms with E-state index in [1.165, 1.54) is 23.5 Å². The highest BCUT2D eigenvalue weighted by atomic mass is 32.2. The summed E-state index contributed by atoms with van der Waals surface area (Å²) in [6.07, 6.45) is 5.10. The van der Waals surface area contributed by atoms with Gasteiger partial charge in [0.2, 0.25) is 0 Å². The van der Waals surface area contributed by atoms with E-state index < -0.39 is 21.1 Å². The van der Waals surface area contributed by atoms with Gasteiger partial charge in [-0.25, -0.2) is 13.2 Å². The second-order valence-corrected chi connectivity index (χ2v) is 10.00. The van der Waals surface area contributed by atoms with Gasteiger partial charge in [-0.2, -0.15) is 0 Å². The summed E-state index contributed by atoms with van der Waals surface area (Å²) in [4.78, 5) is 33.5. The first-order valence-electron chi connectivity index (χ1n) is 9.25. The van der Waals surface area contributed by atoms with Gasteiger partial charge in [0, 0.05) is 25.1 Å². The van der Waals surface area contributed by atoms with Gasteiger partial charge >= 0.3 is 5.69 Å². The molecule has 9 heteroatoms. The third kappa shape index (κ3) is 4.66. The van der Waals surface area contributed by atoms with Crippen LogP contribution in [0.15, 0.2) is 69.3 Å². The maximum absolute atomic E-state index is 12.9. The first kappa shape index (κ1) is 20.8. The van der Waals surface area contributed by atoms with Gasteiger partial charge < -0.3 is 0 Å². The van der Waals surface area contributed by atoms with Crippen LogP contribution < -0.4 is 11.2 Å². The fourth-order valence-electron chi connectivity index (χ4n) is 3.01. The van der Waals surface area contributed by atoms with Crippen molar-refractivity contribution < 1.29 is 8.42 Å². The largest absolute Gasteiger partial charge is 0.329 e. The lowest BCUT2D eigenvalue weighted by molar-refractivity contribution is 0.602. The van der Waals surface area contributed by atoms with Gasteiger partial charge in [-0.15, -0.1) is 11.3 Å². The molecular formula is C22H17N3O4S2. The summed E-state index contributed by atoms with van der Waals surface area (Å²) in [7, 11) is -3.31. The number of sulfone groups is 1. The Balaban J connectivity index is 1.62. The third-order valence-electron chi connectivity index (χ3n) is 4.59. The molecule has 0 bridgehead atoms. The highest BCUT2D eigenvalue weighted by molar-refractivity contribution is 7.90. The van der Waals surface area contributed by atoms with Gasteiger partial charge in [0.1, 0.15) is 4.83 Å². The zero-order valence-electron chi connectivity index (χ0n) is 16.5. The molecule has 0 saturated heterocycles. The van der Waals surface area contributed by atoms with Gasteiger partial charge in [0.25, 0.3) is 5.56 Å². The van der Waals surface area contributed by atoms with Gasteiger partial charge in [-0.3, -0.25) is 19.3 Å². The lowest BCUT2D eigenvalue weighted by Gasteiger charge is -2.06. The molecule has 0 aliphatic carbocycles. The number of fused-ring (bicyclic) bond motifs is 1. The number of pyridine rings is 1. The van der Waals surface area contributed by atoms with E-state index in [1.807, 2.05) is 12.1 Å². The number of nitrogens with one attached hydrogen (secondary N) is 1. The van der Waals surface area contributed by atoms with Crippen molar-refractivity contribution in [1.29, 1.82) is 0 Å². The fraction of sp³-hybridized carbons (Fsp3) is 0.136. The van der Waals surface area contributed by atoms with Crippen LogP contribution in [-0.2, 0) is 22.8 Å². The monoisotopic (exact) mass is 451 g/mol. The van der Waals surface area contributed by atoms with E-state index >= 15 is 0 Å². The van der Waals surface area contributed by atoms with Gasteiger partial charge in [0.15, 0.2) is 9.84 Å². The standard InChI is InChI=1S/C22H17N3O4S2/c1-31(28,29)18-9-7-16(8-10-18)14-25-21(26)19-12-17(30-20(19)24-22(25)27)6-2-4-15-5-3-11-23-13-15/h3,5,7-13H,4,14H2,1H3,(H,24,27). The van der Waals surface area contributed by atoms with Crippen molar-refractivity contribution in [1.82, 2.24) is 14.5 Å². The minimum absolute atomic E-state index is 0.0337. The molecular weight excluding hydrogens is 434 g/mol. The number of nitrogens with zero attached hydrogens (tertiary/aromatic N) is 2. The summed E-state index contributed by atoms with van der Waals surface area (Å²) in [5, 5.41) is 0.392. The van der Waals surface area contributed by atoms with Crippen LogP contribution in [0.4, 0.5) is 0 Å². The van der Waals surface area contributed by atoms with Crippen molar-refractivity contribution in [2.45, 2.75) is 17.9 Å². The summed E-state index contributed by atoms with van der Waals surface area (Å²) in [5.41, 5.74) is 0.698. The molecule has 7 nitrogen and oxygen atoms in total. The van der Waals surface area contributed by atoms with E-state index in [0.717, 1.165) is 16.4 Å². The normalized spacial score (nSPS) is 11.3. The highest BCUT2D eigenvalue weighted by Gasteiger charge is 2.12. The Morgan fingerprint density at radius 3 is 2.58 bits per heavy atom. The third-order valence-corrected chi connectivity index (χ3v) is 6.69. The van der Waals surface area contributed by atoms with Crippen LogP contribution >= 0.6 is 11.3 Å². The Labute approximate surface area is 182 Å². The van der Waals surface area contributed by atoms with Gasteiger partial charge in [0.05, 0.1) is 21.7 Å². The molecule has 1 aromatic carbocycles. The molecule has 4 aromatic rings. The highest BCUT2D eigenvalue weighted by Crippen LogP contribution is 2.19. The van der Waals surface area contributed by atoms with Crippen molar-refractivity contribution in [3.05, 3.63) is 91.7 Å². The van der Waals surface area contributed by atoms with Crippen molar-refractivity contribution in [2.75, 3.05) is 6.26 Å². The number of aromatic amines is 1. The minimum atomic E-state index is -3.31. The first-order chi connectivity index (χ1) is 14.8. The number of benzene rings is 1. The molecule has 0 atom stereocenters. The van der Waals surface area contributed by atoms with Crippen LogP contribution in [0.3, 0.4) is 0 Å². The van der Waals surface area contributed by atoms with Crippen LogP contribution in [0.1, 0.15) is 16.0 Å². The Kier molecular flexibility index (Phi) is 5.59. The Morgan fingerprint density at radius 1 is 1.13 bits per heavy atom. The molecule has 1 N–H and O–H groups in total. The van der Waals surface area contributed by atoms with E-state index in [-0.39, 0.29) is 11.4 Å². The Hall–Kier alpha value is -3.48. The van der Waals surface area contributed by atoms with Crippen LogP contribution in [0.5, 0.6) is 0 Å². The van der Waals surface area contributed by atoms with E-state index in [9.17, 15) is 18.0 Å². The lowest BCUT2D eigenvalue weighted by Crippen LogP contribution is -2.34. The lowest BCUT2D eigenvalue weighted by atomic mass is 10.2.